The lowest BCUT2D eigenvalue weighted by molar-refractivity contribution is -0.140. The molecule has 6 atom stereocenters. The topological polar surface area (TPSA) is 168 Å². The van der Waals surface area contributed by atoms with E-state index in [0.29, 0.717) is 5.56 Å². The fraction of sp³-hybridized carbons (Fsp3) is 0.200. The number of anilines is 4. The zero-order valence-electron chi connectivity index (χ0n) is 21.7. The Hall–Kier alpha value is -4.88. The van der Waals surface area contributed by atoms with Crippen LogP contribution in [-0.2, 0) is 24.6 Å². The van der Waals surface area contributed by atoms with Gasteiger partial charge >= 0.3 is 0 Å². The standard InChI is InChI=1S/C30H22N4O8/c35-26-22-17-14-15-30(16-8-2-1-3-9-16,24(22)28(37)31(26)18-10-4-6-12-20(18)33(39)40)25-23(17)27(36)32(29(25)38)19-11-5-7-13-21(19)34(41)42/h1-15,17,22-25,39,41H/q-2/t17?,22-,23+,24-,25-,30?/m1/s1. The van der Waals surface area contributed by atoms with Crippen LogP contribution in [0.15, 0.2) is 91.0 Å². The van der Waals surface area contributed by atoms with Gasteiger partial charge < -0.3 is 20.9 Å². The Labute approximate surface area is 238 Å². The van der Waals surface area contributed by atoms with Crippen LogP contribution in [0.3, 0.4) is 0 Å². The van der Waals surface area contributed by atoms with Crippen molar-refractivity contribution in [3.8, 4) is 0 Å². The molecule has 3 aromatic carbocycles. The Morgan fingerprint density at radius 2 is 1.05 bits per heavy atom. The van der Waals surface area contributed by atoms with E-state index in [0.717, 1.165) is 9.80 Å². The van der Waals surface area contributed by atoms with Gasteiger partial charge in [0.15, 0.2) is 0 Å². The SMILES string of the molecule is O=C1[C@@H]2C3C=CC(c4ccccc4)([C@H]2C(=O)N1c1ccccc1N([O-])O)[C@H]1C(=O)N(c2ccccc2N([O-])O)C(=O)[C@@H]31. The highest BCUT2D eigenvalue weighted by molar-refractivity contribution is 6.28. The summed E-state index contributed by atoms with van der Waals surface area (Å²) in [6, 6.07) is 19.9. The highest BCUT2D eigenvalue weighted by Crippen LogP contribution is 2.65. The van der Waals surface area contributed by atoms with E-state index in [1.165, 1.54) is 48.5 Å². The predicted octanol–water partition coefficient (Wildman–Crippen LogP) is 3.12. The summed E-state index contributed by atoms with van der Waals surface area (Å²) in [5, 5.41) is 42.5. The number of amides is 4. The third-order valence-electron chi connectivity index (χ3n) is 9.09. The summed E-state index contributed by atoms with van der Waals surface area (Å²) in [4.78, 5) is 58.7. The Balaban J connectivity index is 1.43. The minimum atomic E-state index is -1.44. The quantitative estimate of drug-likeness (QED) is 0.266. The molecule has 3 aromatic rings. The number of para-hydroxylation sites is 4. The van der Waals surface area contributed by atoms with E-state index in [-0.39, 0.29) is 22.7 Å². The number of carbonyl (C=O) groups excluding carboxylic acids is 4. The van der Waals surface area contributed by atoms with Gasteiger partial charge in [0.2, 0.25) is 23.6 Å². The number of carbonyl (C=O) groups is 4. The minimum absolute atomic E-state index is 0.112. The number of rotatable bonds is 5. The number of allylic oxidation sites excluding steroid dienone is 2. The van der Waals surface area contributed by atoms with Crippen LogP contribution in [0.5, 0.6) is 0 Å². The molecule has 2 heterocycles. The van der Waals surface area contributed by atoms with Crippen molar-refractivity contribution in [1.29, 1.82) is 0 Å². The maximum Gasteiger partial charge on any atom is 0.239 e. The van der Waals surface area contributed by atoms with Crippen molar-refractivity contribution in [2.75, 3.05) is 20.3 Å². The molecule has 12 nitrogen and oxygen atoms in total. The lowest BCUT2D eigenvalue weighted by Crippen LogP contribution is -2.60. The summed E-state index contributed by atoms with van der Waals surface area (Å²) in [5.41, 5.74) is -1.75. The maximum absolute atomic E-state index is 14.3. The monoisotopic (exact) mass is 566 g/mol. The normalized spacial score (nSPS) is 29.3. The first kappa shape index (κ1) is 26.0. The van der Waals surface area contributed by atoms with Crippen molar-refractivity contribution in [1.82, 2.24) is 0 Å². The predicted molar refractivity (Wildman–Crippen MR) is 148 cm³/mol. The molecule has 3 aliphatic carbocycles. The van der Waals surface area contributed by atoms with E-state index in [1.54, 1.807) is 42.5 Å². The summed E-state index contributed by atoms with van der Waals surface area (Å²) in [5.74, 6) is -7.86. The fourth-order valence-electron chi connectivity index (χ4n) is 7.58. The van der Waals surface area contributed by atoms with Crippen LogP contribution in [-0.4, -0.2) is 34.0 Å². The molecule has 42 heavy (non-hydrogen) atoms. The molecule has 0 spiro atoms. The van der Waals surface area contributed by atoms with Gasteiger partial charge in [-0.3, -0.25) is 29.6 Å². The molecule has 3 fully saturated rings. The first-order chi connectivity index (χ1) is 20.2. The van der Waals surface area contributed by atoms with Gasteiger partial charge in [-0.1, -0.05) is 66.7 Å². The molecule has 8 rings (SSSR count). The van der Waals surface area contributed by atoms with Crippen LogP contribution in [0, 0.1) is 40.0 Å². The number of nitrogens with zero attached hydrogens (tertiary/aromatic N) is 4. The van der Waals surface area contributed by atoms with Crippen LogP contribution >= 0.6 is 0 Å². The van der Waals surface area contributed by atoms with Crippen LogP contribution < -0.4 is 20.3 Å². The van der Waals surface area contributed by atoms with Crippen molar-refractivity contribution in [2.45, 2.75) is 5.41 Å². The zero-order valence-corrected chi connectivity index (χ0v) is 21.7. The molecule has 12 heteroatoms. The molecule has 2 N–H and O–H groups in total. The third-order valence-corrected chi connectivity index (χ3v) is 9.09. The minimum Gasteiger partial charge on any atom is -0.733 e. The average Bonchev–Trinajstić information content (AvgIpc) is 3.44. The zero-order chi connectivity index (χ0) is 29.5. The van der Waals surface area contributed by atoms with E-state index in [1.807, 2.05) is 0 Å². The van der Waals surface area contributed by atoms with Crippen molar-refractivity contribution >= 4 is 46.4 Å². The molecule has 0 radical (unpaired) electrons. The molecule has 2 aliphatic heterocycles. The lowest BCUT2D eigenvalue weighted by atomic mass is 9.45. The summed E-state index contributed by atoms with van der Waals surface area (Å²) in [7, 11) is 0. The van der Waals surface area contributed by atoms with E-state index < -0.39 is 69.1 Å². The van der Waals surface area contributed by atoms with Gasteiger partial charge in [0.1, 0.15) is 0 Å². The van der Waals surface area contributed by atoms with Gasteiger partial charge in [0.05, 0.1) is 46.4 Å². The highest BCUT2D eigenvalue weighted by Gasteiger charge is 2.75. The van der Waals surface area contributed by atoms with Gasteiger partial charge in [-0.15, -0.1) is 0 Å². The third kappa shape index (κ3) is 3.20. The Morgan fingerprint density at radius 1 is 0.619 bits per heavy atom. The Morgan fingerprint density at radius 3 is 1.50 bits per heavy atom. The van der Waals surface area contributed by atoms with Crippen LogP contribution in [0.1, 0.15) is 5.56 Å². The maximum atomic E-state index is 14.3. The molecule has 212 valence electrons. The van der Waals surface area contributed by atoms with Crippen molar-refractivity contribution in [2.24, 2.45) is 29.6 Å². The van der Waals surface area contributed by atoms with Crippen LogP contribution in [0.4, 0.5) is 22.7 Å². The molecule has 2 bridgehead atoms. The van der Waals surface area contributed by atoms with Crippen molar-refractivity contribution < 1.29 is 29.6 Å². The first-order valence-corrected chi connectivity index (χ1v) is 13.2. The smallest absolute Gasteiger partial charge is 0.239 e. The van der Waals surface area contributed by atoms with Gasteiger partial charge in [0, 0.05) is 11.3 Å². The summed E-state index contributed by atoms with van der Waals surface area (Å²) >= 11 is 0. The van der Waals surface area contributed by atoms with E-state index in [9.17, 15) is 40.0 Å². The van der Waals surface area contributed by atoms with E-state index in [2.05, 4.69) is 0 Å². The molecule has 5 aliphatic rings. The first-order valence-electron chi connectivity index (χ1n) is 13.2. The largest absolute Gasteiger partial charge is 0.733 e. The lowest BCUT2D eigenvalue weighted by Gasteiger charge is -2.53. The molecule has 1 saturated carbocycles. The second-order valence-electron chi connectivity index (χ2n) is 10.8. The van der Waals surface area contributed by atoms with Gasteiger partial charge in [-0.2, -0.15) is 0 Å². The highest BCUT2D eigenvalue weighted by atomic mass is 16.8. The van der Waals surface area contributed by atoms with Crippen LogP contribution in [0.2, 0.25) is 0 Å². The molecular formula is C30H22N4O8-2. The number of hydrogen-bond donors (Lipinski definition) is 2. The average molecular weight is 567 g/mol. The molecule has 4 amide bonds. The number of imide groups is 2. The van der Waals surface area contributed by atoms with Crippen LogP contribution in [0.25, 0.3) is 0 Å². The summed E-state index contributed by atoms with van der Waals surface area (Å²) < 4.78 is 0. The van der Waals surface area contributed by atoms with Gasteiger partial charge in [-0.25, -0.2) is 9.80 Å². The second kappa shape index (κ2) is 9.06. The molecule has 2 saturated heterocycles. The van der Waals surface area contributed by atoms with Crippen molar-refractivity contribution in [3.63, 3.8) is 0 Å². The van der Waals surface area contributed by atoms with Gasteiger partial charge in [0.25, 0.3) is 0 Å². The van der Waals surface area contributed by atoms with E-state index >= 15 is 0 Å². The number of hydrogen-bond acceptors (Lipinski definition) is 10. The molecule has 2 unspecified atom stereocenters. The molecular weight excluding hydrogens is 544 g/mol. The Bertz CT molecular complexity index is 1590. The summed E-state index contributed by atoms with van der Waals surface area (Å²) in [6.45, 7) is 0. The fourth-order valence-corrected chi connectivity index (χ4v) is 7.58. The molecule has 0 aromatic heterocycles. The van der Waals surface area contributed by atoms with Crippen molar-refractivity contribution in [3.05, 3.63) is 107 Å². The second-order valence-corrected chi connectivity index (χ2v) is 10.8. The van der Waals surface area contributed by atoms with Gasteiger partial charge in [-0.05, 0) is 29.8 Å². The van der Waals surface area contributed by atoms with E-state index in [4.69, 9.17) is 0 Å². The number of benzene rings is 3. The summed E-state index contributed by atoms with van der Waals surface area (Å²) in [6.07, 6.45) is 3.43. The Kier molecular flexibility index (Phi) is 5.62.